The van der Waals surface area contributed by atoms with Gasteiger partial charge in [-0.25, -0.2) is 9.59 Å². The van der Waals surface area contributed by atoms with Crippen molar-refractivity contribution >= 4 is 33.1 Å². The summed E-state index contributed by atoms with van der Waals surface area (Å²) in [5, 5.41) is 59.5. The largest absolute Gasteiger partial charge is 0.508 e. The number of fused-ring (bicyclic) bond motifs is 2. The van der Waals surface area contributed by atoms with E-state index in [-0.39, 0.29) is 56.0 Å². The molecule has 0 amide bonds. The zero-order valence-corrected chi connectivity index (χ0v) is 37.3. The van der Waals surface area contributed by atoms with E-state index in [1.807, 2.05) is 20.8 Å². The van der Waals surface area contributed by atoms with Crippen LogP contribution >= 0.6 is 0 Å². The molecule has 2 saturated heterocycles. The van der Waals surface area contributed by atoms with Gasteiger partial charge in [0, 0.05) is 23.0 Å². The smallest absolute Gasteiger partial charge is 0.347 e. The van der Waals surface area contributed by atoms with Crippen molar-refractivity contribution in [2.24, 2.45) is 11.8 Å². The van der Waals surface area contributed by atoms with E-state index in [0.29, 0.717) is 73.4 Å². The second kappa shape index (κ2) is 23.1. The Morgan fingerprint density at radius 1 is 0.688 bits per heavy atom. The summed E-state index contributed by atoms with van der Waals surface area (Å²) in [5.41, 5.74) is 2.24. The fraction of sp³-hybridized carbons (Fsp3) is 0.469. The summed E-state index contributed by atoms with van der Waals surface area (Å²) in [7, 11) is 0. The Kier molecular flexibility index (Phi) is 19.1. The van der Waals surface area contributed by atoms with Gasteiger partial charge in [0.05, 0.1) is 35.2 Å². The molecule has 2 aromatic carbocycles. The molecule has 2 unspecified atom stereocenters. The Morgan fingerprint density at radius 2 is 1.12 bits per heavy atom. The minimum Gasteiger partial charge on any atom is -0.508 e. The molecule has 0 bridgehead atoms. The van der Waals surface area contributed by atoms with Crippen LogP contribution in [-0.2, 0) is 9.47 Å². The van der Waals surface area contributed by atoms with E-state index in [9.17, 15) is 35.1 Å². The van der Waals surface area contributed by atoms with E-state index in [2.05, 4.69) is 26.3 Å². The molecule has 0 spiro atoms. The van der Waals surface area contributed by atoms with Crippen molar-refractivity contribution in [2.45, 2.75) is 125 Å². The molecule has 6 N–H and O–H groups in total. The highest BCUT2D eigenvalue weighted by molar-refractivity contribution is 5.92. The normalized spacial score (nSPS) is 25.1. The minimum atomic E-state index is -1.25. The SMILES string of the molecule is C.C=CCOc1c(C(=C)C)c(=O)oc2c(C)c(O)ccc12.C=CCOc1c(C(=C)C)c(=O)oc2c(C)c(OC3O[C@@H](CC)[C@H](C)[C@@H](O)[C@H]3O)ccc12.CC[C@@H]1OC(O)[C@H](O)[C@H](O)[C@H]1C. The Morgan fingerprint density at radius 3 is 1.58 bits per heavy atom. The van der Waals surface area contributed by atoms with E-state index in [4.69, 9.17) is 37.6 Å². The lowest BCUT2D eigenvalue weighted by Gasteiger charge is -2.41. The summed E-state index contributed by atoms with van der Waals surface area (Å²) < 4.78 is 39.2. The number of aliphatic hydroxyl groups is 5. The van der Waals surface area contributed by atoms with Crippen molar-refractivity contribution in [1.82, 2.24) is 0 Å². The summed E-state index contributed by atoms with van der Waals surface area (Å²) in [6.07, 6.45) is -2.39. The molecule has 10 atom stereocenters. The second-order valence-electron chi connectivity index (χ2n) is 15.8. The van der Waals surface area contributed by atoms with Crippen LogP contribution in [0.4, 0.5) is 0 Å². The van der Waals surface area contributed by atoms with Gasteiger partial charge >= 0.3 is 11.3 Å². The number of aryl methyl sites for hydroxylation is 2. The maximum atomic E-state index is 12.7. The molecule has 6 rings (SSSR count). The fourth-order valence-electron chi connectivity index (χ4n) is 7.48. The number of rotatable bonds is 12. The van der Waals surface area contributed by atoms with E-state index in [1.165, 1.54) is 0 Å². The Labute approximate surface area is 374 Å². The zero-order valence-electron chi connectivity index (χ0n) is 37.3. The van der Waals surface area contributed by atoms with Gasteiger partial charge in [0.2, 0.25) is 6.29 Å². The highest BCUT2D eigenvalue weighted by atomic mass is 16.7. The lowest BCUT2D eigenvalue weighted by Crippen LogP contribution is -2.55. The maximum Gasteiger partial charge on any atom is 0.347 e. The Balaban J connectivity index is 0.000000282. The second-order valence-corrected chi connectivity index (χ2v) is 15.8. The molecule has 4 heterocycles. The molecular weight excluding hydrogens is 829 g/mol. The molecule has 2 aromatic heterocycles. The first-order valence-corrected chi connectivity index (χ1v) is 20.8. The summed E-state index contributed by atoms with van der Waals surface area (Å²) in [5.74, 6) is 0.867. The number of benzene rings is 2. The van der Waals surface area contributed by atoms with Crippen molar-refractivity contribution in [3.63, 3.8) is 0 Å². The van der Waals surface area contributed by atoms with E-state index < -0.39 is 48.2 Å². The minimum absolute atomic E-state index is 0. The zero-order chi connectivity index (χ0) is 47.0. The lowest BCUT2D eigenvalue weighted by atomic mass is 9.89. The predicted molar refractivity (Wildman–Crippen MR) is 247 cm³/mol. The van der Waals surface area contributed by atoms with Crippen LogP contribution in [0, 0.1) is 25.7 Å². The Hall–Kier alpha value is -5.26. The van der Waals surface area contributed by atoms with Crippen LogP contribution in [0.15, 0.2) is 81.2 Å². The molecule has 64 heavy (non-hydrogen) atoms. The van der Waals surface area contributed by atoms with Crippen LogP contribution in [0.1, 0.15) is 84.1 Å². The van der Waals surface area contributed by atoms with E-state index >= 15 is 0 Å². The molecule has 0 aliphatic carbocycles. The molecule has 15 nitrogen and oxygen atoms in total. The average molecular weight is 895 g/mol. The van der Waals surface area contributed by atoms with Crippen LogP contribution in [0.2, 0.25) is 0 Å². The first kappa shape index (κ1) is 53.1. The molecule has 15 heteroatoms. The third-order valence-electron chi connectivity index (χ3n) is 11.2. The quantitative estimate of drug-likeness (QED) is 0.0617. The van der Waals surface area contributed by atoms with Crippen LogP contribution in [-0.4, -0.2) is 93.1 Å². The van der Waals surface area contributed by atoms with E-state index in [1.54, 1.807) is 71.0 Å². The average Bonchev–Trinajstić information content (AvgIpc) is 3.25. The topological polar surface area (TPSA) is 228 Å². The van der Waals surface area contributed by atoms with Crippen LogP contribution < -0.4 is 25.5 Å². The molecule has 2 fully saturated rings. The number of phenolic OH excluding ortho intramolecular Hbond substituents is 1. The molecule has 0 saturated carbocycles. The van der Waals surface area contributed by atoms with Crippen molar-refractivity contribution in [3.8, 4) is 23.0 Å². The van der Waals surface area contributed by atoms with Crippen LogP contribution in [0.3, 0.4) is 0 Å². The van der Waals surface area contributed by atoms with Gasteiger partial charge in [-0.1, -0.05) is 73.6 Å². The summed E-state index contributed by atoms with van der Waals surface area (Å²) in [6, 6.07) is 6.62. The van der Waals surface area contributed by atoms with Crippen LogP contribution in [0.5, 0.6) is 23.0 Å². The number of hydrogen-bond acceptors (Lipinski definition) is 15. The first-order chi connectivity index (χ1) is 29.7. The van der Waals surface area contributed by atoms with Crippen LogP contribution in [0.25, 0.3) is 33.1 Å². The third-order valence-corrected chi connectivity index (χ3v) is 11.2. The molecule has 2 aliphatic heterocycles. The van der Waals surface area contributed by atoms with Crippen molar-refractivity contribution < 1.29 is 63.2 Å². The summed E-state index contributed by atoms with van der Waals surface area (Å²) >= 11 is 0. The van der Waals surface area contributed by atoms with Crippen molar-refractivity contribution in [3.05, 3.63) is 106 Å². The van der Waals surface area contributed by atoms with Gasteiger partial charge < -0.3 is 63.2 Å². The number of aliphatic hydroxyl groups excluding tert-OH is 5. The van der Waals surface area contributed by atoms with Gasteiger partial charge in [-0.2, -0.15) is 0 Å². The number of hydrogen-bond donors (Lipinski definition) is 6. The summed E-state index contributed by atoms with van der Waals surface area (Å²) in [6.45, 7) is 29.7. The van der Waals surface area contributed by atoms with Gasteiger partial charge in [0.1, 0.15) is 70.7 Å². The predicted octanol–water partition coefficient (Wildman–Crippen LogP) is 7.08. The van der Waals surface area contributed by atoms with Gasteiger partial charge in [-0.3, -0.25) is 0 Å². The first-order valence-electron chi connectivity index (χ1n) is 20.8. The highest BCUT2D eigenvalue weighted by Crippen LogP contribution is 2.38. The monoisotopic (exact) mass is 894 g/mol. The molecule has 352 valence electrons. The Bertz CT molecular complexity index is 2390. The highest BCUT2D eigenvalue weighted by Gasteiger charge is 2.43. The van der Waals surface area contributed by atoms with Gasteiger partial charge in [-0.15, -0.1) is 0 Å². The number of phenols is 1. The van der Waals surface area contributed by atoms with Gasteiger partial charge in [0.15, 0.2) is 6.29 Å². The number of allylic oxidation sites excluding steroid dienone is 2. The summed E-state index contributed by atoms with van der Waals surface area (Å²) in [4.78, 5) is 24.8. The molecule has 2 aliphatic rings. The van der Waals surface area contributed by atoms with Gasteiger partial charge in [0.25, 0.3) is 0 Å². The third kappa shape index (κ3) is 11.3. The molecule has 0 radical (unpaired) electrons. The standard InChI is InChI=1S/C24H30O7.C16H16O4.C8H16O4.CH4/c1-7-11-28-22-15-9-10-17(14(6)21(15)31-23(27)18(22)12(3)4)30-24-20(26)19(25)13(5)16(8-2)29-24;1-5-8-19-15-11-6-7-12(17)10(4)14(11)20-16(18)13(15)9(2)3;1-3-5-4(2)6(9)7(10)8(11)12-5;/h7,9-10,13,16,19-20,24-26H,1,3,8,11H2,2,4-6H3;5-7,17H,1-2,8H2,3-4H3;4-11H,3H2,1-2H3;1H4/t13-,16-,19+,20+,24?;;4-,5-,6+,7+,8?;/m0.0./s1. The van der Waals surface area contributed by atoms with E-state index in [0.717, 1.165) is 6.42 Å². The number of ether oxygens (including phenoxy) is 5. The molecular formula is C49H66O15. The van der Waals surface area contributed by atoms with Crippen molar-refractivity contribution in [1.29, 1.82) is 0 Å². The number of aromatic hydroxyl groups is 1. The van der Waals surface area contributed by atoms with Crippen molar-refractivity contribution in [2.75, 3.05) is 13.2 Å². The maximum absolute atomic E-state index is 12.7. The molecule has 4 aromatic rings. The van der Waals surface area contributed by atoms with Gasteiger partial charge in [-0.05, 0) is 75.9 Å². The lowest BCUT2D eigenvalue weighted by molar-refractivity contribution is -0.266. The fourth-order valence-corrected chi connectivity index (χ4v) is 7.48.